The van der Waals surface area contributed by atoms with E-state index in [1.165, 1.54) is 12.6 Å². The number of nitrogens with zero attached hydrogens (tertiary/aromatic N) is 3. The van der Waals surface area contributed by atoms with E-state index in [4.69, 9.17) is 11.5 Å². The zero-order valence-corrected chi connectivity index (χ0v) is 24.2. The molecule has 4 heterocycles. The fourth-order valence-electron chi connectivity index (χ4n) is 7.74. The Morgan fingerprint density at radius 1 is 1.10 bits per heavy atom. The van der Waals surface area contributed by atoms with Crippen molar-refractivity contribution in [2.75, 3.05) is 39.3 Å². The van der Waals surface area contributed by atoms with Crippen molar-refractivity contribution in [1.29, 1.82) is 0 Å². The maximum Gasteiger partial charge on any atom is 0.261 e. The van der Waals surface area contributed by atoms with Gasteiger partial charge in [0.2, 0.25) is 5.91 Å². The molecule has 0 aromatic heterocycles. The number of halogens is 3. The van der Waals surface area contributed by atoms with Gasteiger partial charge in [-0.15, -0.1) is 0 Å². The summed E-state index contributed by atoms with van der Waals surface area (Å²) in [4.78, 5) is 22.6. The number of carbonyl (C=O) groups excluding carboxylic acids is 1. The van der Waals surface area contributed by atoms with E-state index in [1.807, 2.05) is 11.1 Å². The molecule has 230 valence electrons. The van der Waals surface area contributed by atoms with Crippen LogP contribution in [0.5, 0.6) is 0 Å². The summed E-state index contributed by atoms with van der Waals surface area (Å²) in [5.74, 6) is -3.58. The summed E-state index contributed by atoms with van der Waals surface area (Å²) >= 11 is 0. The maximum atomic E-state index is 14.5. The van der Waals surface area contributed by atoms with Crippen LogP contribution < -0.4 is 22.1 Å². The second-order valence-corrected chi connectivity index (χ2v) is 13.2. The number of nitrogens with two attached hydrogens (primary N) is 2. The second-order valence-electron chi connectivity index (χ2n) is 13.2. The predicted molar refractivity (Wildman–Crippen MR) is 155 cm³/mol. The van der Waals surface area contributed by atoms with Gasteiger partial charge in [-0.2, -0.15) is 0 Å². The van der Waals surface area contributed by atoms with Gasteiger partial charge in [-0.1, -0.05) is 19.3 Å². The molecule has 1 spiro atoms. The van der Waals surface area contributed by atoms with Crippen molar-refractivity contribution in [3.63, 3.8) is 0 Å². The fraction of sp³-hybridized carbons (Fsp3) is 0.800. The first-order valence-electron chi connectivity index (χ1n) is 15.6. The molecule has 1 amide bonds. The van der Waals surface area contributed by atoms with Crippen LogP contribution in [0.2, 0.25) is 0 Å². The summed E-state index contributed by atoms with van der Waals surface area (Å²) < 4.78 is 41.8. The van der Waals surface area contributed by atoms with Gasteiger partial charge in [-0.05, 0) is 69.4 Å². The summed E-state index contributed by atoms with van der Waals surface area (Å²) in [6, 6.07) is 0.0354. The number of hydrogen-bond acceptors (Lipinski definition) is 7. The minimum absolute atomic E-state index is 0.0354. The summed E-state index contributed by atoms with van der Waals surface area (Å²) in [5.41, 5.74) is 13.7. The molecule has 4 aliphatic heterocycles. The Morgan fingerprint density at radius 2 is 1.85 bits per heavy atom. The van der Waals surface area contributed by atoms with Crippen molar-refractivity contribution in [2.24, 2.45) is 33.7 Å². The van der Waals surface area contributed by atoms with Crippen LogP contribution in [0.3, 0.4) is 0 Å². The molecule has 0 bridgehead atoms. The molecule has 41 heavy (non-hydrogen) atoms. The van der Waals surface area contributed by atoms with Crippen molar-refractivity contribution in [3.05, 3.63) is 23.9 Å². The molecule has 11 heteroatoms. The Balaban J connectivity index is 1.23. The standard InChI is InChI=1S/C30H48F3N7O/c31-22-4-10-29(8-2-1-3-9-29)16-23(37-17-22)26(27(34)35)28(41)38-24-18-36-12-5-25(24)40-13-6-21(7-14-40)19-39-15-11-30(32,33)20-39/h17-18,21,25-27,36H,1-16,19-20,34-35H2,(H,38,41)/b22-17+,37-23?. The average molecular weight is 580 g/mol. The number of alkyl halides is 2. The highest BCUT2D eigenvalue weighted by Crippen LogP contribution is 2.45. The van der Waals surface area contributed by atoms with Crippen molar-refractivity contribution in [1.82, 2.24) is 20.4 Å². The number of amides is 1. The fourth-order valence-corrected chi connectivity index (χ4v) is 7.74. The number of piperidine rings is 1. The lowest BCUT2D eigenvalue weighted by Gasteiger charge is -2.41. The molecule has 0 radical (unpaired) electrons. The second kappa shape index (κ2) is 13.1. The largest absolute Gasteiger partial charge is 0.389 e. The summed E-state index contributed by atoms with van der Waals surface area (Å²) in [6.45, 7) is 3.58. The van der Waals surface area contributed by atoms with Crippen LogP contribution in [0, 0.1) is 17.3 Å². The van der Waals surface area contributed by atoms with Gasteiger partial charge in [0.15, 0.2) is 0 Å². The van der Waals surface area contributed by atoms with Gasteiger partial charge >= 0.3 is 0 Å². The highest BCUT2D eigenvalue weighted by molar-refractivity contribution is 6.06. The number of rotatable bonds is 7. The lowest BCUT2D eigenvalue weighted by atomic mass is 9.66. The molecule has 1 aliphatic carbocycles. The van der Waals surface area contributed by atoms with E-state index in [9.17, 15) is 18.0 Å². The van der Waals surface area contributed by atoms with Crippen LogP contribution in [-0.2, 0) is 4.79 Å². The molecular formula is C30H48F3N7O. The molecule has 8 nitrogen and oxygen atoms in total. The molecule has 5 rings (SSSR count). The van der Waals surface area contributed by atoms with Crippen LogP contribution in [0.4, 0.5) is 13.2 Å². The predicted octanol–water partition coefficient (Wildman–Crippen LogP) is 3.60. The topological polar surface area (TPSA) is 112 Å². The molecular weight excluding hydrogens is 531 g/mol. The van der Waals surface area contributed by atoms with E-state index in [2.05, 4.69) is 20.5 Å². The third-order valence-corrected chi connectivity index (χ3v) is 10.1. The Labute approximate surface area is 242 Å². The van der Waals surface area contributed by atoms with Gasteiger partial charge in [-0.3, -0.25) is 19.6 Å². The third-order valence-electron chi connectivity index (χ3n) is 10.1. The summed E-state index contributed by atoms with van der Waals surface area (Å²) in [7, 11) is 0. The van der Waals surface area contributed by atoms with Crippen LogP contribution in [0.15, 0.2) is 28.9 Å². The summed E-state index contributed by atoms with van der Waals surface area (Å²) in [5, 5.41) is 6.39. The Bertz CT molecular complexity index is 1020. The van der Waals surface area contributed by atoms with Gasteiger partial charge in [0.1, 0.15) is 11.7 Å². The van der Waals surface area contributed by atoms with Gasteiger partial charge in [-0.25, -0.2) is 13.2 Å². The van der Waals surface area contributed by atoms with Gasteiger partial charge < -0.3 is 22.1 Å². The Hall–Kier alpha value is -1.95. The number of carbonyl (C=O) groups is 1. The average Bonchev–Trinajstić information content (AvgIpc) is 3.29. The molecule has 2 saturated heterocycles. The Morgan fingerprint density at radius 3 is 2.54 bits per heavy atom. The van der Waals surface area contributed by atoms with E-state index in [0.29, 0.717) is 31.0 Å². The zero-order valence-electron chi connectivity index (χ0n) is 24.2. The van der Waals surface area contributed by atoms with Crippen molar-refractivity contribution in [2.45, 2.75) is 95.2 Å². The third kappa shape index (κ3) is 7.72. The summed E-state index contributed by atoms with van der Waals surface area (Å²) in [6.07, 6.45) is 12.0. The van der Waals surface area contributed by atoms with Crippen LogP contribution >= 0.6 is 0 Å². The van der Waals surface area contributed by atoms with Crippen LogP contribution in [-0.4, -0.2) is 78.8 Å². The van der Waals surface area contributed by atoms with Gasteiger partial charge in [0.25, 0.3) is 5.92 Å². The number of nitrogens with one attached hydrogen (secondary N) is 2. The van der Waals surface area contributed by atoms with E-state index >= 15 is 0 Å². The quantitative estimate of drug-likeness (QED) is 0.343. The number of allylic oxidation sites excluding steroid dienone is 1. The normalized spacial score (nSPS) is 30.0. The Kier molecular flexibility index (Phi) is 9.78. The first-order chi connectivity index (χ1) is 19.6. The van der Waals surface area contributed by atoms with E-state index < -0.39 is 18.0 Å². The number of aliphatic imine (C=N–C) groups is 1. The molecule has 2 unspecified atom stereocenters. The molecule has 1 saturated carbocycles. The van der Waals surface area contributed by atoms with Crippen molar-refractivity contribution in [3.8, 4) is 0 Å². The van der Waals surface area contributed by atoms with E-state index in [0.717, 1.165) is 83.2 Å². The molecule has 0 aromatic rings. The van der Waals surface area contributed by atoms with E-state index in [1.54, 1.807) is 0 Å². The van der Waals surface area contributed by atoms with Crippen LogP contribution in [0.1, 0.15) is 77.0 Å². The van der Waals surface area contributed by atoms with Gasteiger partial charge in [0.05, 0.1) is 30.6 Å². The SMILES string of the molecule is NC(N)C(C(=O)NC1=CNCCC1N1CCC(CN2CCC(F)(F)C2)CC1)C1=N/C=C(/F)CCC2(CCCCC2)C1. The highest BCUT2D eigenvalue weighted by atomic mass is 19.3. The molecule has 3 fully saturated rings. The number of hydrogen-bond donors (Lipinski definition) is 4. The maximum absolute atomic E-state index is 14.5. The molecule has 5 aliphatic rings. The van der Waals surface area contributed by atoms with Crippen molar-refractivity contribution < 1.29 is 18.0 Å². The lowest BCUT2D eigenvalue weighted by molar-refractivity contribution is -0.123. The zero-order chi connectivity index (χ0) is 29.0. The van der Waals surface area contributed by atoms with Gasteiger partial charge in [0, 0.05) is 44.4 Å². The number of likely N-dealkylation sites (tertiary alicyclic amines) is 2. The molecule has 0 aromatic carbocycles. The highest BCUT2D eigenvalue weighted by Gasteiger charge is 2.41. The van der Waals surface area contributed by atoms with Crippen LogP contribution in [0.25, 0.3) is 0 Å². The smallest absolute Gasteiger partial charge is 0.261 e. The van der Waals surface area contributed by atoms with Crippen molar-refractivity contribution >= 4 is 11.6 Å². The first-order valence-corrected chi connectivity index (χ1v) is 15.6. The first kappa shape index (κ1) is 30.5. The lowest BCUT2D eigenvalue weighted by Crippen LogP contribution is -2.54. The minimum Gasteiger partial charge on any atom is -0.389 e. The molecule has 2 atom stereocenters. The molecule has 6 N–H and O–H groups in total. The minimum atomic E-state index is -2.55. The van der Waals surface area contributed by atoms with E-state index in [-0.39, 0.29) is 36.2 Å². The monoisotopic (exact) mass is 579 g/mol.